The first-order valence-electron chi connectivity index (χ1n) is 5.97. The molecule has 1 atom stereocenters. The van der Waals surface area contributed by atoms with Crippen LogP contribution in [-0.4, -0.2) is 5.91 Å². The Hall–Kier alpha value is -1.82. The van der Waals surface area contributed by atoms with Gasteiger partial charge in [0.1, 0.15) is 6.04 Å². The molecule has 1 aromatic carbocycles. The summed E-state index contributed by atoms with van der Waals surface area (Å²) >= 11 is 0. The van der Waals surface area contributed by atoms with E-state index in [1.54, 1.807) is 0 Å². The van der Waals surface area contributed by atoms with Crippen molar-refractivity contribution in [3.63, 3.8) is 0 Å². The summed E-state index contributed by atoms with van der Waals surface area (Å²) < 4.78 is 0. The normalized spacial score (nSPS) is 16.7. The van der Waals surface area contributed by atoms with Gasteiger partial charge in [0.05, 0.1) is 6.07 Å². The van der Waals surface area contributed by atoms with Crippen molar-refractivity contribution in [3.05, 3.63) is 35.4 Å². The van der Waals surface area contributed by atoms with Crippen LogP contribution in [0.25, 0.3) is 0 Å². The summed E-state index contributed by atoms with van der Waals surface area (Å²) in [6, 6.07) is 9.31. The molecule has 1 fully saturated rings. The van der Waals surface area contributed by atoms with Crippen LogP contribution in [0.3, 0.4) is 0 Å². The lowest BCUT2D eigenvalue weighted by atomic mass is 9.84. The van der Waals surface area contributed by atoms with Crippen LogP contribution in [0.15, 0.2) is 24.3 Å². The summed E-state index contributed by atoms with van der Waals surface area (Å²) in [7, 11) is 0. The monoisotopic (exact) mass is 228 g/mol. The summed E-state index contributed by atoms with van der Waals surface area (Å²) in [5.41, 5.74) is 2.00. The van der Waals surface area contributed by atoms with Gasteiger partial charge in [-0.2, -0.15) is 5.26 Å². The van der Waals surface area contributed by atoms with Gasteiger partial charge in [-0.25, -0.2) is 0 Å². The quantitative estimate of drug-likeness (QED) is 0.864. The Kier molecular flexibility index (Phi) is 3.43. The number of rotatable bonds is 3. The maximum absolute atomic E-state index is 11.8. The first-order valence-corrected chi connectivity index (χ1v) is 5.97. The number of amides is 1. The van der Waals surface area contributed by atoms with E-state index >= 15 is 0 Å². The molecular formula is C14H16N2O. The van der Waals surface area contributed by atoms with Crippen LogP contribution >= 0.6 is 0 Å². The van der Waals surface area contributed by atoms with E-state index in [-0.39, 0.29) is 11.8 Å². The van der Waals surface area contributed by atoms with Crippen LogP contribution in [0, 0.1) is 24.2 Å². The molecule has 0 heterocycles. The lowest BCUT2D eigenvalue weighted by molar-refractivity contribution is -0.127. The summed E-state index contributed by atoms with van der Waals surface area (Å²) in [6.07, 6.45) is 3.04. The second kappa shape index (κ2) is 5.01. The number of nitriles is 1. The predicted octanol–water partition coefficient (Wildman–Crippen LogP) is 2.48. The summed E-state index contributed by atoms with van der Waals surface area (Å²) in [5.74, 6) is 0.139. The van der Waals surface area contributed by atoms with Gasteiger partial charge < -0.3 is 5.32 Å². The number of nitrogens with zero attached hydrogens (tertiary/aromatic N) is 1. The fraction of sp³-hybridized carbons (Fsp3) is 0.429. The Morgan fingerprint density at radius 3 is 2.53 bits per heavy atom. The zero-order valence-corrected chi connectivity index (χ0v) is 9.94. The average molecular weight is 228 g/mol. The van der Waals surface area contributed by atoms with E-state index in [1.807, 2.05) is 31.2 Å². The summed E-state index contributed by atoms with van der Waals surface area (Å²) in [4.78, 5) is 11.8. The Bertz CT molecular complexity index is 440. The van der Waals surface area contributed by atoms with Gasteiger partial charge in [0.2, 0.25) is 5.91 Å². The molecule has 1 N–H and O–H groups in total. The Balaban J connectivity index is 2.03. The van der Waals surface area contributed by atoms with Crippen LogP contribution in [-0.2, 0) is 4.79 Å². The molecule has 0 saturated heterocycles. The van der Waals surface area contributed by atoms with Gasteiger partial charge in [-0.3, -0.25) is 4.79 Å². The minimum absolute atomic E-state index is 0.0170. The highest BCUT2D eigenvalue weighted by Gasteiger charge is 2.27. The third-order valence-electron chi connectivity index (χ3n) is 3.30. The van der Waals surface area contributed by atoms with Gasteiger partial charge >= 0.3 is 0 Å². The number of carbonyl (C=O) groups excluding carboxylic acids is 1. The maximum Gasteiger partial charge on any atom is 0.224 e. The van der Waals surface area contributed by atoms with Gasteiger partial charge in [0.25, 0.3) is 0 Å². The fourth-order valence-corrected chi connectivity index (χ4v) is 1.88. The van der Waals surface area contributed by atoms with Crippen molar-refractivity contribution < 1.29 is 4.79 Å². The molecule has 0 radical (unpaired) electrons. The van der Waals surface area contributed by atoms with Crippen molar-refractivity contribution in [1.82, 2.24) is 5.32 Å². The molecule has 88 valence electrons. The molecule has 0 spiro atoms. The SMILES string of the molecule is Cc1ccc(C(C#N)NC(=O)C2CCC2)cc1. The number of aryl methyl sites for hydroxylation is 1. The molecule has 1 aliphatic rings. The van der Waals surface area contributed by atoms with Crippen molar-refractivity contribution in [3.8, 4) is 6.07 Å². The molecule has 1 amide bonds. The number of hydrogen-bond acceptors (Lipinski definition) is 2. The number of carbonyl (C=O) groups is 1. The second-order valence-electron chi connectivity index (χ2n) is 4.61. The number of nitrogens with one attached hydrogen (secondary N) is 1. The van der Waals surface area contributed by atoms with Crippen molar-refractivity contribution >= 4 is 5.91 Å². The van der Waals surface area contributed by atoms with E-state index in [9.17, 15) is 4.79 Å². The molecule has 17 heavy (non-hydrogen) atoms. The van der Waals surface area contributed by atoms with E-state index in [4.69, 9.17) is 5.26 Å². The molecule has 1 unspecified atom stereocenters. The standard InChI is InChI=1S/C14H16N2O/c1-10-5-7-11(8-6-10)13(9-15)16-14(17)12-3-2-4-12/h5-8,12-13H,2-4H2,1H3,(H,16,17). The fourth-order valence-electron chi connectivity index (χ4n) is 1.88. The van der Waals surface area contributed by atoms with Gasteiger partial charge in [-0.1, -0.05) is 36.2 Å². The first kappa shape index (κ1) is 11.7. The van der Waals surface area contributed by atoms with Gasteiger partial charge in [0, 0.05) is 5.92 Å². The van der Waals surface area contributed by atoms with Crippen LogP contribution in [0.5, 0.6) is 0 Å². The van der Waals surface area contributed by atoms with Crippen molar-refractivity contribution in [1.29, 1.82) is 5.26 Å². The van der Waals surface area contributed by atoms with E-state index in [0.29, 0.717) is 0 Å². The zero-order chi connectivity index (χ0) is 12.3. The van der Waals surface area contributed by atoms with Gasteiger partial charge in [-0.15, -0.1) is 0 Å². The van der Waals surface area contributed by atoms with Crippen LogP contribution in [0.4, 0.5) is 0 Å². The highest BCUT2D eigenvalue weighted by atomic mass is 16.2. The Morgan fingerprint density at radius 2 is 2.06 bits per heavy atom. The second-order valence-corrected chi connectivity index (χ2v) is 4.61. The highest BCUT2D eigenvalue weighted by molar-refractivity contribution is 5.80. The van der Waals surface area contributed by atoms with Crippen molar-refractivity contribution in [2.45, 2.75) is 32.2 Å². The smallest absolute Gasteiger partial charge is 0.224 e. The largest absolute Gasteiger partial charge is 0.336 e. The van der Waals surface area contributed by atoms with E-state index in [0.717, 1.165) is 30.4 Å². The molecule has 3 nitrogen and oxygen atoms in total. The zero-order valence-electron chi connectivity index (χ0n) is 9.94. The topological polar surface area (TPSA) is 52.9 Å². The van der Waals surface area contributed by atoms with Crippen LogP contribution < -0.4 is 5.32 Å². The van der Waals surface area contributed by atoms with Gasteiger partial charge in [-0.05, 0) is 25.3 Å². The molecule has 1 saturated carbocycles. The summed E-state index contributed by atoms with van der Waals surface area (Å²) in [5, 5.41) is 11.9. The molecule has 1 aromatic rings. The third kappa shape index (κ3) is 2.65. The number of benzene rings is 1. The molecule has 0 bridgehead atoms. The minimum Gasteiger partial charge on any atom is -0.336 e. The molecule has 3 heteroatoms. The minimum atomic E-state index is -0.524. The average Bonchev–Trinajstić information content (AvgIpc) is 2.25. The first-order chi connectivity index (χ1) is 8.20. The molecule has 0 aromatic heterocycles. The van der Waals surface area contributed by atoms with Crippen molar-refractivity contribution in [2.75, 3.05) is 0 Å². The van der Waals surface area contributed by atoms with E-state index in [2.05, 4.69) is 11.4 Å². The Labute approximate surface area is 101 Å². The molecule has 1 aliphatic carbocycles. The van der Waals surface area contributed by atoms with E-state index in [1.165, 1.54) is 0 Å². The number of hydrogen-bond donors (Lipinski definition) is 1. The highest BCUT2D eigenvalue weighted by Crippen LogP contribution is 2.27. The van der Waals surface area contributed by atoms with Crippen molar-refractivity contribution in [2.24, 2.45) is 5.92 Å². The molecule has 2 rings (SSSR count). The summed E-state index contributed by atoms with van der Waals surface area (Å²) in [6.45, 7) is 2.00. The lowest BCUT2D eigenvalue weighted by Crippen LogP contribution is -2.36. The lowest BCUT2D eigenvalue weighted by Gasteiger charge is -2.25. The van der Waals surface area contributed by atoms with Gasteiger partial charge in [0.15, 0.2) is 0 Å². The third-order valence-corrected chi connectivity index (χ3v) is 3.30. The van der Waals surface area contributed by atoms with Crippen LogP contribution in [0.1, 0.15) is 36.4 Å². The maximum atomic E-state index is 11.8. The van der Waals surface area contributed by atoms with Crippen LogP contribution in [0.2, 0.25) is 0 Å². The predicted molar refractivity (Wildman–Crippen MR) is 65.0 cm³/mol. The van der Waals surface area contributed by atoms with E-state index < -0.39 is 6.04 Å². The molecule has 0 aliphatic heterocycles. The Morgan fingerprint density at radius 1 is 1.41 bits per heavy atom. The molecular weight excluding hydrogens is 212 g/mol.